The Morgan fingerprint density at radius 1 is 1.00 bits per heavy atom. The minimum Gasteiger partial charge on any atom is -0.495 e. The van der Waals surface area contributed by atoms with Crippen LogP contribution in [0.5, 0.6) is 17.2 Å². The normalized spacial score (nSPS) is 11.4. The average Bonchev–Trinajstić information content (AvgIpc) is 2.64. The number of carbonyl (C=O) groups excluding carboxylic acids is 1. The van der Waals surface area contributed by atoms with Crippen LogP contribution in [0.1, 0.15) is 20.8 Å². The molecule has 0 aliphatic carbocycles. The van der Waals surface area contributed by atoms with E-state index in [-0.39, 0.29) is 5.91 Å². The predicted molar refractivity (Wildman–Crippen MR) is 103 cm³/mol. The highest BCUT2D eigenvalue weighted by molar-refractivity contribution is 5.97. The van der Waals surface area contributed by atoms with Gasteiger partial charge in [0.2, 0.25) is 5.91 Å². The second-order valence-electron chi connectivity index (χ2n) is 5.58. The molecule has 0 aliphatic rings. The fourth-order valence-electron chi connectivity index (χ4n) is 2.45. The van der Waals surface area contributed by atoms with Crippen LogP contribution >= 0.6 is 0 Å². The number of hydrogen-bond acceptors (Lipinski definition) is 5. The van der Waals surface area contributed by atoms with E-state index in [4.69, 9.17) is 14.2 Å². The van der Waals surface area contributed by atoms with Gasteiger partial charge in [0.1, 0.15) is 11.8 Å². The van der Waals surface area contributed by atoms with E-state index < -0.39 is 6.04 Å². The summed E-state index contributed by atoms with van der Waals surface area (Å²) in [6.07, 6.45) is 0. The molecular formula is C20H26N2O4. The molecule has 0 fully saturated rings. The highest BCUT2D eigenvalue weighted by Gasteiger charge is 2.16. The molecule has 0 radical (unpaired) electrons. The standard InChI is InChI=1S/C20H26N2O4/c1-5-25-18-12-11-15(13-19(18)26-6-2)21-14(3)20(23)22-16-9-7-8-10-17(16)24-4/h7-14,21H,5-6H2,1-4H3,(H,22,23)/t14-/m1/s1. The maximum Gasteiger partial charge on any atom is 0.246 e. The Bertz CT molecular complexity index is 734. The van der Waals surface area contributed by atoms with Crippen molar-refractivity contribution in [3.05, 3.63) is 42.5 Å². The Labute approximate surface area is 154 Å². The van der Waals surface area contributed by atoms with Gasteiger partial charge in [0, 0.05) is 11.8 Å². The summed E-state index contributed by atoms with van der Waals surface area (Å²) in [5.74, 6) is 1.79. The Hall–Kier alpha value is -2.89. The van der Waals surface area contributed by atoms with Crippen molar-refractivity contribution in [2.24, 2.45) is 0 Å². The van der Waals surface area contributed by atoms with E-state index in [0.717, 1.165) is 5.69 Å². The number of amides is 1. The number of hydrogen-bond donors (Lipinski definition) is 2. The lowest BCUT2D eigenvalue weighted by Gasteiger charge is -2.18. The van der Waals surface area contributed by atoms with E-state index in [1.54, 1.807) is 26.2 Å². The SMILES string of the molecule is CCOc1ccc(N[C@H](C)C(=O)Nc2ccccc2OC)cc1OCC. The van der Waals surface area contributed by atoms with Crippen molar-refractivity contribution in [3.8, 4) is 17.2 Å². The van der Waals surface area contributed by atoms with Gasteiger partial charge < -0.3 is 24.8 Å². The summed E-state index contributed by atoms with van der Waals surface area (Å²) in [5.41, 5.74) is 1.41. The molecule has 0 aliphatic heterocycles. The smallest absolute Gasteiger partial charge is 0.246 e. The fourth-order valence-corrected chi connectivity index (χ4v) is 2.45. The van der Waals surface area contributed by atoms with Gasteiger partial charge in [-0.2, -0.15) is 0 Å². The second kappa shape index (κ2) is 9.56. The van der Waals surface area contributed by atoms with Crippen LogP contribution in [0.3, 0.4) is 0 Å². The summed E-state index contributed by atoms with van der Waals surface area (Å²) < 4.78 is 16.4. The van der Waals surface area contributed by atoms with E-state index in [1.807, 2.05) is 44.2 Å². The van der Waals surface area contributed by atoms with Gasteiger partial charge in [0.25, 0.3) is 0 Å². The number of rotatable bonds is 9. The summed E-state index contributed by atoms with van der Waals surface area (Å²) in [6, 6.07) is 12.4. The van der Waals surface area contributed by atoms with Crippen LogP contribution in [0.2, 0.25) is 0 Å². The number of nitrogens with one attached hydrogen (secondary N) is 2. The van der Waals surface area contributed by atoms with Gasteiger partial charge >= 0.3 is 0 Å². The van der Waals surface area contributed by atoms with Crippen molar-refractivity contribution in [2.45, 2.75) is 26.8 Å². The van der Waals surface area contributed by atoms with Crippen LogP contribution in [0.15, 0.2) is 42.5 Å². The van der Waals surface area contributed by atoms with Gasteiger partial charge in [-0.15, -0.1) is 0 Å². The third-order valence-corrected chi connectivity index (χ3v) is 3.68. The summed E-state index contributed by atoms with van der Waals surface area (Å²) >= 11 is 0. The number of anilines is 2. The molecule has 26 heavy (non-hydrogen) atoms. The topological polar surface area (TPSA) is 68.8 Å². The Kier molecular flexibility index (Phi) is 7.14. The minimum absolute atomic E-state index is 0.165. The van der Waals surface area contributed by atoms with Crippen molar-refractivity contribution in [1.29, 1.82) is 0 Å². The van der Waals surface area contributed by atoms with Crippen LogP contribution in [-0.4, -0.2) is 32.3 Å². The number of carbonyl (C=O) groups is 1. The van der Waals surface area contributed by atoms with E-state index in [2.05, 4.69) is 10.6 Å². The Balaban J connectivity index is 2.07. The number of ether oxygens (including phenoxy) is 3. The molecule has 0 unspecified atom stereocenters. The number of methoxy groups -OCH3 is 1. The Morgan fingerprint density at radius 3 is 2.38 bits per heavy atom. The van der Waals surface area contributed by atoms with E-state index in [1.165, 1.54) is 0 Å². The largest absolute Gasteiger partial charge is 0.495 e. The lowest BCUT2D eigenvalue weighted by atomic mass is 10.2. The highest BCUT2D eigenvalue weighted by atomic mass is 16.5. The molecule has 1 atom stereocenters. The van der Waals surface area contributed by atoms with E-state index in [0.29, 0.717) is 36.1 Å². The van der Waals surface area contributed by atoms with Gasteiger partial charge in [-0.3, -0.25) is 4.79 Å². The molecule has 1 amide bonds. The van der Waals surface area contributed by atoms with Gasteiger partial charge in [0.15, 0.2) is 11.5 Å². The molecule has 2 rings (SSSR count). The summed E-state index contributed by atoms with van der Waals surface area (Å²) in [5, 5.41) is 6.05. The van der Waals surface area contributed by atoms with Crippen LogP contribution in [0, 0.1) is 0 Å². The van der Waals surface area contributed by atoms with Crippen molar-refractivity contribution >= 4 is 17.3 Å². The fraction of sp³-hybridized carbons (Fsp3) is 0.350. The lowest BCUT2D eigenvalue weighted by Crippen LogP contribution is -2.32. The van der Waals surface area contributed by atoms with E-state index in [9.17, 15) is 4.79 Å². The maximum absolute atomic E-state index is 12.5. The zero-order valence-electron chi connectivity index (χ0n) is 15.7. The molecule has 0 heterocycles. The van der Waals surface area contributed by atoms with Gasteiger partial charge in [0.05, 0.1) is 26.0 Å². The molecule has 6 nitrogen and oxygen atoms in total. The predicted octanol–water partition coefficient (Wildman–Crippen LogP) is 3.93. The first-order valence-corrected chi connectivity index (χ1v) is 8.69. The third kappa shape index (κ3) is 5.05. The molecule has 2 aromatic carbocycles. The average molecular weight is 358 g/mol. The molecule has 0 saturated heterocycles. The Morgan fingerprint density at radius 2 is 1.69 bits per heavy atom. The van der Waals surface area contributed by atoms with Crippen molar-refractivity contribution < 1.29 is 19.0 Å². The van der Waals surface area contributed by atoms with E-state index >= 15 is 0 Å². The first-order valence-electron chi connectivity index (χ1n) is 8.69. The minimum atomic E-state index is -0.452. The zero-order valence-corrected chi connectivity index (χ0v) is 15.7. The van der Waals surface area contributed by atoms with Crippen LogP contribution in [0.4, 0.5) is 11.4 Å². The van der Waals surface area contributed by atoms with Crippen molar-refractivity contribution in [2.75, 3.05) is 31.0 Å². The summed E-state index contributed by atoms with van der Waals surface area (Å²) in [7, 11) is 1.57. The summed E-state index contributed by atoms with van der Waals surface area (Å²) in [4.78, 5) is 12.5. The molecule has 0 saturated carbocycles. The molecule has 0 aromatic heterocycles. The quantitative estimate of drug-likeness (QED) is 0.711. The molecule has 2 aromatic rings. The van der Waals surface area contributed by atoms with Crippen LogP contribution in [-0.2, 0) is 4.79 Å². The molecule has 0 spiro atoms. The molecule has 6 heteroatoms. The number of para-hydroxylation sites is 2. The first-order chi connectivity index (χ1) is 12.6. The van der Waals surface area contributed by atoms with Gasteiger partial charge in [-0.1, -0.05) is 12.1 Å². The molecule has 0 bridgehead atoms. The molecule has 2 N–H and O–H groups in total. The van der Waals surface area contributed by atoms with Gasteiger partial charge in [-0.05, 0) is 45.0 Å². The third-order valence-electron chi connectivity index (χ3n) is 3.68. The maximum atomic E-state index is 12.5. The summed E-state index contributed by atoms with van der Waals surface area (Å²) in [6.45, 7) is 6.73. The molecular weight excluding hydrogens is 332 g/mol. The van der Waals surface area contributed by atoms with Crippen molar-refractivity contribution in [1.82, 2.24) is 0 Å². The monoisotopic (exact) mass is 358 g/mol. The first kappa shape index (κ1) is 19.4. The molecule has 140 valence electrons. The second-order valence-corrected chi connectivity index (χ2v) is 5.58. The zero-order chi connectivity index (χ0) is 18.9. The lowest BCUT2D eigenvalue weighted by molar-refractivity contribution is -0.116. The highest BCUT2D eigenvalue weighted by Crippen LogP contribution is 2.31. The van der Waals surface area contributed by atoms with Crippen LogP contribution in [0.25, 0.3) is 0 Å². The van der Waals surface area contributed by atoms with Gasteiger partial charge in [-0.25, -0.2) is 0 Å². The van der Waals surface area contributed by atoms with Crippen molar-refractivity contribution in [3.63, 3.8) is 0 Å². The number of benzene rings is 2. The van der Waals surface area contributed by atoms with Crippen LogP contribution < -0.4 is 24.8 Å².